The molecule has 0 bridgehead atoms. The van der Waals surface area contributed by atoms with Crippen molar-refractivity contribution < 1.29 is 5.11 Å². The monoisotopic (exact) mass is 304 g/mol. The van der Waals surface area contributed by atoms with Crippen LogP contribution in [0, 0.1) is 6.07 Å². The zero-order chi connectivity index (χ0) is 15.9. The number of aromatic hydroxyl groups is 1. The van der Waals surface area contributed by atoms with Crippen molar-refractivity contribution in [1.82, 2.24) is 9.97 Å². The average molecular weight is 304 g/mol. The molecule has 0 aliphatic rings. The average Bonchev–Trinajstić information content (AvgIpc) is 2.61. The summed E-state index contributed by atoms with van der Waals surface area (Å²) in [5.74, 6) is 1.13. The molecule has 115 valence electrons. The van der Waals surface area contributed by atoms with Gasteiger partial charge in [-0.3, -0.25) is 4.98 Å². The fraction of sp³-hybridized carbons (Fsp3) is 0.158. The third kappa shape index (κ3) is 4.30. The van der Waals surface area contributed by atoms with Crippen LogP contribution in [0.2, 0.25) is 0 Å². The fourth-order valence-electron chi connectivity index (χ4n) is 2.38. The van der Waals surface area contributed by atoms with Crippen LogP contribution in [-0.2, 0) is 13.0 Å². The van der Waals surface area contributed by atoms with Gasteiger partial charge in [-0.25, -0.2) is 4.98 Å². The normalized spacial score (nSPS) is 10.4. The molecule has 23 heavy (non-hydrogen) atoms. The first-order valence-electron chi connectivity index (χ1n) is 7.56. The van der Waals surface area contributed by atoms with Gasteiger partial charge in [-0.2, -0.15) is 0 Å². The van der Waals surface area contributed by atoms with Gasteiger partial charge in [0.05, 0.1) is 0 Å². The van der Waals surface area contributed by atoms with E-state index in [0.717, 1.165) is 25.3 Å². The summed E-state index contributed by atoms with van der Waals surface area (Å²) >= 11 is 0. The summed E-state index contributed by atoms with van der Waals surface area (Å²) in [6.45, 7) is 1.58. The van der Waals surface area contributed by atoms with E-state index in [0.29, 0.717) is 5.75 Å². The van der Waals surface area contributed by atoms with Crippen molar-refractivity contribution in [2.75, 3.05) is 11.4 Å². The quantitative estimate of drug-likeness (QED) is 0.759. The molecule has 0 aliphatic heterocycles. The molecular formula is C19H18N3O. The minimum absolute atomic E-state index is 0.292. The number of hydrogen-bond donors (Lipinski definition) is 1. The van der Waals surface area contributed by atoms with E-state index in [1.807, 2.05) is 36.4 Å². The molecule has 0 saturated carbocycles. The van der Waals surface area contributed by atoms with Crippen LogP contribution in [0.1, 0.15) is 11.1 Å². The molecule has 0 aliphatic carbocycles. The van der Waals surface area contributed by atoms with Gasteiger partial charge < -0.3 is 10.0 Å². The van der Waals surface area contributed by atoms with E-state index >= 15 is 0 Å². The van der Waals surface area contributed by atoms with Crippen molar-refractivity contribution in [3.05, 3.63) is 84.3 Å². The number of pyridine rings is 2. The molecule has 3 aromatic rings. The third-order valence-corrected chi connectivity index (χ3v) is 3.62. The number of aromatic nitrogens is 2. The number of phenols is 1. The smallest absolute Gasteiger partial charge is 0.136 e. The highest BCUT2D eigenvalue weighted by Crippen LogP contribution is 2.15. The molecule has 4 heteroatoms. The lowest BCUT2D eigenvalue weighted by molar-refractivity contribution is 0.475. The predicted octanol–water partition coefficient (Wildman–Crippen LogP) is 3.23. The first kappa shape index (κ1) is 15.0. The molecule has 0 unspecified atom stereocenters. The number of anilines is 1. The second-order valence-corrected chi connectivity index (χ2v) is 5.30. The molecular weight excluding hydrogens is 286 g/mol. The molecule has 2 aromatic heterocycles. The summed E-state index contributed by atoms with van der Waals surface area (Å²) < 4.78 is 0. The van der Waals surface area contributed by atoms with Crippen molar-refractivity contribution in [2.45, 2.75) is 13.0 Å². The SMILES string of the molecule is Oc1ccc(CCN(Cc2ccncc2)c2[c]cccn2)cc1. The van der Waals surface area contributed by atoms with Crippen molar-refractivity contribution >= 4 is 5.82 Å². The van der Waals surface area contributed by atoms with Crippen molar-refractivity contribution in [2.24, 2.45) is 0 Å². The Labute approximate surface area is 136 Å². The Morgan fingerprint density at radius 3 is 2.43 bits per heavy atom. The third-order valence-electron chi connectivity index (χ3n) is 3.62. The van der Waals surface area contributed by atoms with Crippen LogP contribution in [0.4, 0.5) is 5.82 Å². The van der Waals surface area contributed by atoms with E-state index in [9.17, 15) is 5.11 Å². The standard InChI is InChI=1S/C19H18N3O/c23-18-6-4-16(5-7-18)10-14-22(19-3-1-2-11-21-19)15-17-8-12-20-13-9-17/h1-2,4-9,11-13,23H,10,14-15H2. The van der Waals surface area contributed by atoms with E-state index in [-0.39, 0.29) is 0 Å². The molecule has 2 heterocycles. The van der Waals surface area contributed by atoms with E-state index in [2.05, 4.69) is 20.9 Å². The second-order valence-electron chi connectivity index (χ2n) is 5.30. The van der Waals surface area contributed by atoms with E-state index in [1.54, 1.807) is 30.7 Å². The highest BCUT2D eigenvalue weighted by Gasteiger charge is 2.09. The fourth-order valence-corrected chi connectivity index (χ4v) is 2.38. The largest absolute Gasteiger partial charge is 0.508 e. The first-order chi connectivity index (χ1) is 11.3. The van der Waals surface area contributed by atoms with E-state index in [1.165, 1.54) is 11.1 Å². The van der Waals surface area contributed by atoms with Crippen LogP contribution in [0.25, 0.3) is 0 Å². The van der Waals surface area contributed by atoms with Gasteiger partial charge >= 0.3 is 0 Å². The summed E-state index contributed by atoms with van der Waals surface area (Å²) in [6.07, 6.45) is 6.26. The molecule has 4 nitrogen and oxygen atoms in total. The molecule has 0 spiro atoms. The maximum atomic E-state index is 9.38. The molecule has 0 atom stereocenters. The first-order valence-corrected chi connectivity index (χ1v) is 7.56. The van der Waals surface area contributed by atoms with Gasteiger partial charge in [0.25, 0.3) is 0 Å². The van der Waals surface area contributed by atoms with E-state index in [4.69, 9.17) is 0 Å². The number of phenolic OH excluding ortho intramolecular Hbond substituents is 1. The van der Waals surface area contributed by atoms with Gasteiger partial charge in [-0.1, -0.05) is 12.1 Å². The zero-order valence-corrected chi connectivity index (χ0v) is 12.8. The van der Waals surface area contributed by atoms with Crippen LogP contribution < -0.4 is 4.90 Å². The predicted molar refractivity (Wildman–Crippen MR) is 90.2 cm³/mol. The summed E-state index contributed by atoms with van der Waals surface area (Å²) in [5, 5.41) is 9.38. The molecule has 0 fully saturated rings. The van der Waals surface area contributed by atoms with Gasteiger partial charge in [0.2, 0.25) is 0 Å². The minimum atomic E-state index is 0.292. The zero-order valence-electron chi connectivity index (χ0n) is 12.8. The summed E-state index contributed by atoms with van der Waals surface area (Å²) in [7, 11) is 0. The Morgan fingerprint density at radius 2 is 1.74 bits per heavy atom. The van der Waals surface area contributed by atoms with Crippen molar-refractivity contribution in [3.63, 3.8) is 0 Å². The maximum Gasteiger partial charge on any atom is 0.136 e. The summed E-state index contributed by atoms with van der Waals surface area (Å²) in [6, 6.07) is 18.3. The molecule has 3 rings (SSSR count). The van der Waals surface area contributed by atoms with Gasteiger partial charge in [0.15, 0.2) is 0 Å². The maximum absolute atomic E-state index is 9.38. The lowest BCUT2D eigenvalue weighted by Gasteiger charge is -2.23. The molecule has 0 amide bonds. The Bertz CT molecular complexity index is 715. The van der Waals surface area contributed by atoms with Gasteiger partial charge in [-0.05, 0) is 53.9 Å². The van der Waals surface area contributed by atoms with Gasteiger partial charge in [0.1, 0.15) is 11.6 Å². The minimum Gasteiger partial charge on any atom is -0.508 e. The van der Waals surface area contributed by atoms with Crippen LogP contribution in [0.15, 0.2) is 67.1 Å². The van der Waals surface area contributed by atoms with Crippen molar-refractivity contribution in [3.8, 4) is 5.75 Å². The lowest BCUT2D eigenvalue weighted by Crippen LogP contribution is -2.26. The Morgan fingerprint density at radius 1 is 0.957 bits per heavy atom. The van der Waals surface area contributed by atoms with Crippen LogP contribution in [0.3, 0.4) is 0 Å². The van der Waals surface area contributed by atoms with Crippen LogP contribution in [0.5, 0.6) is 5.75 Å². The molecule has 1 N–H and O–H groups in total. The van der Waals surface area contributed by atoms with Crippen molar-refractivity contribution in [1.29, 1.82) is 0 Å². The highest BCUT2D eigenvalue weighted by molar-refractivity contribution is 5.38. The number of rotatable bonds is 6. The number of hydrogen-bond acceptors (Lipinski definition) is 4. The Hall–Kier alpha value is -2.88. The Balaban J connectivity index is 1.74. The molecule has 0 saturated heterocycles. The van der Waals surface area contributed by atoms with Gasteiger partial charge in [-0.15, -0.1) is 0 Å². The number of benzene rings is 1. The van der Waals surface area contributed by atoms with Crippen LogP contribution in [-0.4, -0.2) is 21.6 Å². The Kier molecular flexibility index (Phi) is 4.84. The molecule has 1 aromatic carbocycles. The van der Waals surface area contributed by atoms with E-state index < -0.39 is 0 Å². The van der Waals surface area contributed by atoms with Gasteiger partial charge in [0, 0.05) is 37.7 Å². The molecule has 1 radical (unpaired) electrons. The van der Waals surface area contributed by atoms with Crippen LogP contribution >= 0.6 is 0 Å². The lowest BCUT2D eigenvalue weighted by atomic mass is 10.1. The summed E-state index contributed by atoms with van der Waals surface area (Å²) in [5.41, 5.74) is 2.36. The number of nitrogens with zero attached hydrogens (tertiary/aromatic N) is 3. The highest BCUT2D eigenvalue weighted by atomic mass is 16.3. The second kappa shape index (κ2) is 7.40. The summed E-state index contributed by atoms with van der Waals surface area (Å²) in [4.78, 5) is 10.7. The topological polar surface area (TPSA) is 49.2 Å².